The Morgan fingerprint density at radius 1 is 1.31 bits per heavy atom. The Morgan fingerprint density at radius 3 is 2.83 bits per heavy atom. The third kappa shape index (κ3) is 5.62. The number of carbonyl (C=O) groups is 3. The number of anilines is 1. The average molecular weight is 403 g/mol. The van der Waals surface area contributed by atoms with Crippen LogP contribution in [0, 0.1) is 12.8 Å². The molecule has 0 aromatic heterocycles. The van der Waals surface area contributed by atoms with Gasteiger partial charge < -0.3 is 19.7 Å². The van der Waals surface area contributed by atoms with Crippen LogP contribution in [0.3, 0.4) is 0 Å². The van der Waals surface area contributed by atoms with Crippen molar-refractivity contribution in [2.45, 2.75) is 32.6 Å². The van der Waals surface area contributed by atoms with Crippen LogP contribution in [0.2, 0.25) is 0 Å². The zero-order valence-corrected chi connectivity index (χ0v) is 17.1. The molecule has 2 fully saturated rings. The van der Waals surface area contributed by atoms with Gasteiger partial charge >= 0.3 is 6.09 Å². The van der Waals surface area contributed by atoms with E-state index in [0.29, 0.717) is 38.6 Å². The van der Waals surface area contributed by atoms with Crippen molar-refractivity contribution < 1.29 is 23.9 Å². The molecule has 2 aliphatic rings. The molecule has 2 saturated heterocycles. The van der Waals surface area contributed by atoms with Crippen molar-refractivity contribution in [2.24, 2.45) is 5.92 Å². The van der Waals surface area contributed by atoms with E-state index in [9.17, 15) is 14.4 Å². The summed E-state index contributed by atoms with van der Waals surface area (Å²) in [5.41, 5.74) is 1.74. The topological polar surface area (TPSA) is 88.2 Å². The molecule has 8 heteroatoms. The molecule has 1 N–H and O–H groups in total. The summed E-state index contributed by atoms with van der Waals surface area (Å²) in [6.07, 6.45) is 2.65. The van der Waals surface area contributed by atoms with Crippen LogP contribution in [0.4, 0.5) is 10.5 Å². The predicted molar refractivity (Wildman–Crippen MR) is 108 cm³/mol. The first kappa shape index (κ1) is 21.0. The van der Waals surface area contributed by atoms with E-state index in [0.717, 1.165) is 36.3 Å². The number of hydrogen-bond donors (Lipinski definition) is 1. The van der Waals surface area contributed by atoms with E-state index in [1.165, 1.54) is 4.90 Å². The first-order valence-electron chi connectivity index (χ1n) is 10.1. The maximum absolute atomic E-state index is 12.5. The summed E-state index contributed by atoms with van der Waals surface area (Å²) >= 11 is 0. The quantitative estimate of drug-likeness (QED) is 0.755. The Hall–Kier alpha value is -2.77. The number of likely N-dealkylation sites (tertiary alicyclic amines) is 1. The number of carbonyl (C=O) groups excluding carboxylic acids is 3. The lowest BCUT2D eigenvalue weighted by Gasteiger charge is -2.33. The van der Waals surface area contributed by atoms with Gasteiger partial charge in [-0.2, -0.15) is 0 Å². The highest BCUT2D eigenvalue weighted by Gasteiger charge is 2.29. The minimum atomic E-state index is -0.419. The van der Waals surface area contributed by atoms with Crippen molar-refractivity contribution in [3.8, 4) is 5.75 Å². The SMILES string of the molecule is COc1ccc(NC(=O)CCC2CCCN(C(=O)CN3CCOC3=O)C2)c(C)c1. The van der Waals surface area contributed by atoms with Crippen LogP contribution in [-0.2, 0) is 14.3 Å². The third-order valence-corrected chi connectivity index (χ3v) is 5.53. The van der Waals surface area contributed by atoms with Crippen molar-refractivity contribution in [3.63, 3.8) is 0 Å². The van der Waals surface area contributed by atoms with Crippen LogP contribution < -0.4 is 10.1 Å². The standard InChI is InChI=1S/C21H29N3O5/c1-15-12-17(28-2)6-7-18(15)22-19(25)8-5-16-4-3-9-23(13-16)20(26)14-24-10-11-29-21(24)27/h6-7,12,16H,3-5,8-11,13-14H2,1-2H3,(H,22,25). The molecule has 2 aliphatic heterocycles. The number of rotatable bonds is 7. The summed E-state index contributed by atoms with van der Waals surface area (Å²) in [6.45, 7) is 4.15. The molecule has 0 spiro atoms. The van der Waals surface area contributed by atoms with Gasteiger partial charge in [0.2, 0.25) is 11.8 Å². The van der Waals surface area contributed by atoms with Crippen molar-refractivity contribution in [3.05, 3.63) is 23.8 Å². The highest BCUT2D eigenvalue weighted by atomic mass is 16.6. The van der Waals surface area contributed by atoms with E-state index in [1.807, 2.05) is 30.0 Å². The van der Waals surface area contributed by atoms with Crippen LogP contribution in [0.15, 0.2) is 18.2 Å². The fraction of sp³-hybridized carbons (Fsp3) is 0.571. The number of piperidine rings is 1. The minimum Gasteiger partial charge on any atom is -0.497 e. The normalized spacial score (nSPS) is 19.1. The van der Waals surface area contributed by atoms with Crippen LogP contribution in [0.1, 0.15) is 31.2 Å². The second-order valence-corrected chi connectivity index (χ2v) is 7.65. The van der Waals surface area contributed by atoms with E-state index < -0.39 is 6.09 Å². The zero-order chi connectivity index (χ0) is 20.8. The van der Waals surface area contributed by atoms with Gasteiger partial charge in [-0.15, -0.1) is 0 Å². The first-order valence-corrected chi connectivity index (χ1v) is 10.1. The molecule has 1 aromatic rings. The molecule has 8 nitrogen and oxygen atoms in total. The molecular weight excluding hydrogens is 374 g/mol. The molecule has 0 aliphatic carbocycles. The summed E-state index contributed by atoms with van der Waals surface area (Å²) in [6, 6.07) is 5.55. The van der Waals surface area contributed by atoms with Gasteiger partial charge in [0.05, 0.1) is 13.7 Å². The summed E-state index contributed by atoms with van der Waals surface area (Å²) in [5, 5.41) is 2.96. The maximum Gasteiger partial charge on any atom is 0.410 e. The molecule has 3 amide bonds. The molecule has 158 valence electrons. The number of cyclic esters (lactones) is 1. The third-order valence-electron chi connectivity index (χ3n) is 5.53. The van der Waals surface area contributed by atoms with Gasteiger partial charge in [-0.3, -0.25) is 14.5 Å². The van der Waals surface area contributed by atoms with Gasteiger partial charge in [0.1, 0.15) is 18.9 Å². The summed E-state index contributed by atoms with van der Waals surface area (Å²) < 4.78 is 10.1. The Balaban J connectivity index is 1.44. The molecule has 1 atom stereocenters. The smallest absolute Gasteiger partial charge is 0.410 e. The molecule has 1 aromatic carbocycles. The predicted octanol–water partition coefficient (Wildman–Crippen LogP) is 2.41. The van der Waals surface area contributed by atoms with Gasteiger partial charge in [-0.25, -0.2) is 4.79 Å². The number of amides is 3. The number of nitrogens with zero attached hydrogens (tertiary/aromatic N) is 2. The van der Waals surface area contributed by atoms with Crippen molar-refractivity contribution in [1.82, 2.24) is 9.80 Å². The van der Waals surface area contributed by atoms with Gasteiger partial charge in [0.15, 0.2) is 0 Å². The highest BCUT2D eigenvalue weighted by molar-refractivity contribution is 5.91. The highest BCUT2D eigenvalue weighted by Crippen LogP contribution is 2.24. The number of aryl methyl sites for hydroxylation is 1. The molecule has 1 unspecified atom stereocenters. The van der Waals surface area contributed by atoms with E-state index in [2.05, 4.69) is 5.32 Å². The number of hydrogen-bond acceptors (Lipinski definition) is 5. The van der Waals surface area contributed by atoms with Crippen LogP contribution in [0.5, 0.6) is 5.75 Å². The largest absolute Gasteiger partial charge is 0.497 e. The summed E-state index contributed by atoms with van der Waals surface area (Å²) in [5.74, 6) is 0.976. The van der Waals surface area contributed by atoms with E-state index in [4.69, 9.17) is 9.47 Å². The lowest BCUT2D eigenvalue weighted by Crippen LogP contribution is -2.45. The Kier molecular flexibility index (Phi) is 6.95. The number of methoxy groups -OCH3 is 1. The number of ether oxygens (including phenoxy) is 2. The van der Waals surface area contributed by atoms with Crippen LogP contribution in [-0.4, -0.2) is 67.6 Å². The van der Waals surface area contributed by atoms with Gasteiger partial charge in [-0.05, 0) is 55.9 Å². The van der Waals surface area contributed by atoms with E-state index in [1.54, 1.807) is 7.11 Å². The Bertz CT molecular complexity index is 767. The lowest BCUT2D eigenvalue weighted by atomic mass is 9.93. The Morgan fingerprint density at radius 2 is 2.14 bits per heavy atom. The second kappa shape index (κ2) is 9.62. The fourth-order valence-electron chi connectivity index (χ4n) is 3.81. The van der Waals surface area contributed by atoms with Crippen molar-refractivity contribution in [1.29, 1.82) is 0 Å². The number of nitrogens with one attached hydrogen (secondary N) is 1. The molecular formula is C21H29N3O5. The fourth-order valence-corrected chi connectivity index (χ4v) is 3.81. The van der Waals surface area contributed by atoms with E-state index >= 15 is 0 Å². The molecule has 2 heterocycles. The molecule has 3 rings (SSSR count). The van der Waals surface area contributed by atoms with E-state index in [-0.39, 0.29) is 18.4 Å². The average Bonchev–Trinajstić information content (AvgIpc) is 3.12. The van der Waals surface area contributed by atoms with Crippen LogP contribution in [0.25, 0.3) is 0 Å². The molecule has 0 saturated carbocycles. The minimum absolute atomic E-state index is 0.0264. The molecule has 29 heavy (non-hydrogen) atoms. The zero-order valence-electron chi connectivity index (χ0n) is 17.1. The van der Waals surface area contributed by atoms with Gasteiger partial charge in [0.25, 0.3) is 0 Å². The Labute approximate surface area is 171 Å². The van der Waals surface area contributed by atoms with Gasteiger partial charge in [-0.1, -0.05) is 0 Å². The lowest BCUT2D eigenvalue weighted by molar-refractivity contribution is -0.133. The monoisotopic (exact) mass is 403 g/mol. The molecule has 0 bridgehead atoms. The summed E-state index contributed by atoms with van der Waals surface area (Å²) in [7, 11) is 1.61. The second-order valence-electron chi connectivity index (χ2n) is 7.65. The van der Waals surface area contributed by atoms with Crippen LogP contribution >= 0.6 is 0 Å². The first-order chi connectivity index (χ1) is 14.0. The van der Waals surface area contributed by atoms with Crippen molar-refractivity contribution in [2.75, 3.05) is 45.2 Å². The van der Waals surface area contributed by atoms with Gasteiger partial charge in [0, 0.05) is 25.2 Å². The van der Waals surface area contributed by atoms with Crippen molar-refractivity contribution >= 4 is 23.6 Å². The number of benzene rings is 1. The summed E-state index contributed by atoms with van der Waals surface area (Å²) in [4.78, 5) is 39.6. The molecule has 0 radical (unpaired) electrons. The maximum atomic E-state index is 12.5.